The number of thiazole rings is 1. The quantitative estimate of drug-likeness (QED) is 0.0735. The maximum absolute atomic E-state index is 14.4. The summed E-state index contributed by atoms with van der Waals surface area (Å²) < 4.78 is 28.9. The zero-order valence-electron chi connectivity index (χ0n) is 23.3. The van der Waals surface area contributed by atoms with Crippen LogP contribution in [-0.2, 0) is 4.79 Å². The zero-order chi connectivity index (χ0) is 29.9. The van der Waals surface area contributed by atoms with E-state index < -0.39 is 11.6 Å². The van der Waals surface area contributed by atoms with Crippen molar-refractivity contribution < 1.29 is 13.6 Å². The van der Waals surface area contributed by atoms with E-state index >= 15 is 0 Å². The first-order valence-electron chi connectivity index (χ1n) is 13.5. The van der Waals surface area contributed by atoms with E-state index in [0.717, 1.165) is 26.1 Å². The minimum atomic E-state index is -0.724. The van der Waals surface area contributed by atoms with Gasteiger partial charge in [0.05, 0.1) is 5.69 Å². The molecule has 0 aliphatic rings. The molecule has 0 aliphatic carbocycles. The third-order valence-electron chi connectivity index (χ3n) is 6.45. The second-order valence-electron chi connectivity index (χ2n) is 9.09. The molecule has 1 amide bonds. The van der Waals surface area contributed by atoms with Gasteiger partial charge in [-0.2, -0.15) is 4.98 Å². The minimum Gasteiger partial charge on any atom is -0.383 e. The van der Waals surface area contributed by atoms with Crippen molar-refractivity contribution in [1.29, 1.82) is 0 Å². The summed E-state index contributed by atoms with van der Waals surface area (Å²) in [5.74, 6) is -0.731. The standard InChI is InChI=1S/C30H32F2N8OS/c1-3-40(4-2)16-7-14-34-29-37-26(20-8-5-9-21(18-20)27(33)38-30-35-15-17-42-30)23(28(39-29)36-19-41)13-12-22-24(31)10-6-11-25(22)32/h5-6,8-13,15,17-19H,3-4,7,14,16H2,1-2H3,(H2,33,35,38)(H2,34,36,37,39,41)/b13-12-. The molecule has 4 rings (SSSR count). The predicted octanol–water partition coefficient (Wildman–Crippen LogP) is 5.80. The molecule has 2 heterocycles. The van der Waals surface area contributed by atoms with E-state index in [1.165, 1.54) is 41.7 Å². The Morgan fingerprint density at radius 3 is 2.50 bits per heavy atom. The molecule has 0 unspecified atom stereocenters. The second-order valence-corrected chi connectivity index (χ2v) is 9.96. The first-order chi connectivity index (χ1) is 20.4. The lowest BCUT2D eigenvalue weighted by Crippen LogP contribution is -2.25. The Morgan fingerprint density at radius 1 is 1.07 bits per heavy atom. The van der Waals surface area contributed by atoms with Crippen LogP contribution in [0.25, 0.3) is 23.4 Å². The van der Waals surface area contributed by atoms with Crippen molar-refractivity contribution in [2.75, 3.05) is 36.8 Å². The molecule has 0 spiro atoms. The van der Waals surface area contributed by atoms with Gasteiger partial charge < -0.3 is 21.3 Å². The number of nitrogens with one attached hydrogen (secondary N) is 2. The van der Waals surface area contributed by atoms with Gasteiger partial charge in [-0.3, -0.25) is 4.79 Å². The van der Waals surface area contributed by atoms with Crippen LogP contribution in [0.2, 0.25) is 0 Å². The molecule has 12 heteroatoms. The molecule has 2 aromatic carbocycles. The van der Waals surface area contributed by atoms with Gasteiger partial charge in [-0.25, -0.2) is 23.7 Å². The van der Waals surface area contributed by atoms with Crippen molar-refractivity contribution in [2.45, 2.75) is 20.3 Å². The van der Waals surface area contributed by atoms with Gasteiger partial charge in [-0.1, -0.05) is 38.1 Å². The van der Waals surface area contributed by atoms with Crippen LogP contribution in [0.5, 0.6) is 0 Å². The number of amidine groups is 1. The third kappa shape index (κ3) is 7.80. The minimum absolute atomic E-state index is 0.170. The van der Waals surface area contributed by atoms with Crippen molar-refractivity contribution in [3.63, 3.8) is 0 Å². The number of nitrogens with zero attached hydrogens (tertiary/aromatic N) is 5. The van der Waals surface area contributed by atoms with Crippen LogP contribution < -0.4 is 16.4 Å². The largest absolute Gasteiger partial charge is 0.383 e. The Balaban J connectivity index is 1.77. The zero-order valence-corrected chi connectivity index (χ0v) is 24.2. The SMILES string of the molecule is CCN(CC)CCCNc1nc(NC=O)c(/C=C\c2c(F)cccc2F)c(-c2cccc(/C(N)=N/c3nccs3)c2)n1. The van der Waals surface area contributed by atoms with E-state index in [2.05, 4.69) is 44.3 Å². The fourth-order valence-corrected chi connectivity index (χ4v) is 4.75. The normalized spacial score (nSPS) is 11.8. The number of nitrogens with two attached hydrogens (primary N) is 1. The van der Waals surface area contributed by atoms with Crippen LogP contribution >= 0.6 is 11.3 Å². The summed E-state index contributed by atoms with van der Waals surface area (Å²) in [6, 6.07) is 10.8. The number of benzene rings is 2. The molecule has 0 radical (unpaired) electrons. The predicted molar refractivity (Wildman–Crippen MR) is 166 cm³/mol. The summed E-state index contributed by atoms with van der Waals surface area (Å²) in [5.41, 5.74) is 8.07. The van der Waals surface area contributed by atoms with E-state index in [1.807, 2.05) is 6.07 Å². The number of amides is 1. The van der Waals surface area contributed by atoms with E-state index in [0.29, 0.717) is 40.5 Å². The molecule has 0 atom stereocenters. The Labute approximate surface area is 247 Å². The third-order valence-corrected chi connectivity index (χ3v) is 7.12. The summed E-state index contributed by atoms with van der Waals surface area (Å²) >= 11 is 1.36. The first kappa shape index (κ1) is 30.4. The molecular formula is C30H32F2N8OS. The maximum atomic E-state index is 14.4. The molecular weight excluding hydrogens is 558 g/mol. The van der Waals surface area contributed by atoms with Crippen LogP contribution in [0.3, 0.4) is 0 Å². The van der Waals surface area contributed by atoms with Crippen molar-refractivity contribution in [2.24, 2.45) is 10.7 Å². The number of rotatable bonds is 14. The summed E-state index contributed by atoms with van der Waals surface area (Å²) in [6.07, 6.45) is 5.76. The average molecular weight is 591 g/mol. The molecule has 4 aromatic rings. The molecule has 218 valence electrons. The van der Waals surface area contributed by atoms with Crippen LogP contribution in [0.1, 0.15) is 37.0 Å². The summed E-state index contributed by atoms with van der Waals surface area (Å²) in [5, 5.41) is 8.17. The van der Waals surface area contributed by atoms with Crippen LogP contribution in [0.4, 0.5) is 25.7 Å². The van der Waals surface area contributed by atoms with Gasteiger partial charge in [-0.15, -0.1) is 11.3 Å². The lowest BCUT2D eigenvalue weighted by Gasteiger charge is -2.18. The highest BCUT2D eigenvalue weighted by atomic mass is 32.1. The molecule has 0 aliphatic heterocycles. The Bertz CT molecular complexity index is 1530. The van der Waals surface area contributed by atoms with Crippen molar-refractivity contribution in [3.05, 3.63) is 82.4 Å². The van der Waals surface area contributed by atoms with E-state index in [1.54, 1.807) is 29.8 Å². The molecule has 42 heavy (non-hydrogen) atoms. The lowest BCUT2D eigenvalue weighted by atomic mass is 10.0. The molecule has 9 nitrogen and oxygen atoms in total. The van der Waals surface area contributed by atoms with E-state index in [9.17, 15) is 13.6 Å². The Morgan fingerprint density at radius 2 is 1.81 bits per heavy atom. The number of hydrogen-bond acceptors (Lipinski definition) is 8. The van der Waals surface area contributed by atoms with Crippen LogP contribution in [0.15, 0.2) is 59.0 Å². The lowest BCUT2D eigenvalue weighted by molar-refractivity contribution is -0.105. The van der Waals surface area contributed by atoms with Gasteiger partial charge in [-0.05, 0) is 56.4 Å². The summed E-state index contributed by atoms with van der Waals surface area (Å²) in [4.78, 5) is 31.7. The van der Waals surface area contributed by atoms with Gasteiger partial charge in [0, 0.05) is 40.4 Å². The van der Waals surface area contributed by atoms with Crippen LogP contribution in [-0.4, -0.2) is 58.3 Å². The van der Waals surface area contributed by atoms with Gasteiger partial charge in [0.25, 0.3) is 0 Å². The molecule has 0 bridgehead atoms. The number of carbonyl (C=O) groups is 1. The van der Waals surface area contributed by atoms with E-state index in [4.69, 9.17) is 10.7 Å². The summed E-state index contributed by atoms with van der Waals surface area (Å²) in [7, 11) is 0. The van der Waals surface area contributed by atoms with Crippen molar-refractivity contribution >= 4 is 52.6 Å². The average Bonchev–Trinajstić information content (AvgIpc) is 3.51. The molecule has 0 saturated heterocycles. The van der Waals surface area contributed by atoms with E-state index in [-0.39, 0.29) is 23.2 Å². The Hall–Kier alpha value is -4.55. The second kappa shape index (κ2) is 14.9. The number of aromatic nitrogens is 3. The fourth-order valence-electron chi connectivity index (χ4n) is 4.24. The smallest absolute Gasteiger partial charge is 0.225 e. The molecule has 2 aromatic heterocycles. The number of halogens is 2. The van der Waals surface area contributed by atoms with Gasteiger partial charge in [0.2, 0.25) is 17.5 Å². The first-order valence-corrected chi connectivity index (χ1v) is 14.4. The maximum Gasteiger partial charge on any atom is 0.225 e. The van der Waals surface area contributed by atoms with Crippen LogP contribution in [0, 0.1) is 11.6 Å². The number of hydrogen-bond donors (Lipinski definition) is 3. The fraction of sp³-hybridized carbons (Fsp3) is 0.233. The van der Waals surface area contributed by atoms with Crippen molar-refractivity contribution in [3.8, 4) is 11.3 Å². The molecule has 0 saturated carbocycles. The highest BCUT2D eigenvalue weighted by Crippen LogP contribution is 2.31. The number of anilines is 2. The molecule has 4 N–H and O–H groups in total. The van der Waals surface area contributed by atoms with Gasteiger partial charge in [0.1, 0.15) is 23.3 Å². The number of aliphatic imine (C=N–C) groups is 1. The van der Waals surface area contributed by atoms with Crippen molar-refractivity contribution in [1.82, 2.24) is 19.9 Å². The van der Waals surface area contributed by atoms with Gasteiger partial charge >= 0.3 is 0 Å². The summed E-state index contributed by atoms with van der Waals surface area (Å²) in [6.45, 7) is 7.65. The highest BCUT2D eigenvalue weighted by Gasteiger charge is 2.16. The number of carbonyl (C=O) groups excluding carboxylic acids is 1. The molecule has 0 fully saturated rings. The Kier molecular flexibility index (Phi) is 10.8. The monoisotopic (exact) mass is 590 g/mol. The topological polar surface area (TPSA) is 121 Å². The highest BCUT2D eigenvalue weighted by molar-refractivity contribution is 7.13. The van der Waals surface area contributed by atoms with Gasteiger partial charge in [0.15, 0.2) is 0 Å².